The van der Waals surface area contributed by atoms with Crippen molar-refractivity contribution in [3.05, 3.63) is 53.6 Å². The Balaban J connectivity index is 2.06. The van der Waals surface area contributed by atoms with Gasteiger partial charge in [0.15, 0.2) is 17.3 Å². The second-order valence-corrected chi connectivity index (χ2v) is 4.76. The van der Waals surface area contributed by atoms with Gasteiger partial charge in [-0.3, -0.25) is 4.79 Å². The first kappa shape index (κ1) is 14.0. The molecule has 22 heavy (non-hydrogen) atoms. The fourth-order valence-corrected chi connectivity index (χ4v) is 2.15. The van der Waals surface area contributed by atoms with Gasteiger partial charge in [-0.1, -0.05) is 0 Å². The number of carbonyl (C=O) groups excluding carboxylic acids is 1. The van der Waals surface area contributed by atoms with E-state index in [9.17, 15) is 4.79 Å². The topological polar surface area (TPSA) is 70.8 Å². The predicted octanol–water partition coefficient (Wildman–Crippen LogP) is 2.90. The van der Waals surface area contributed by atoms with E-state index < -0.39 is 0 Å². The molecular weight excluding hydrogens is 282 g/mol. The molecule has 4 bridgehead atoms. The molecule has 112 valence electrons. The van der Waals surface area contributed by atoms with Crippen molar-refractivity contribution < 1.29 is 19.0 Å². The van der Waals surface area contributed by atoms with Gasteiger partial charge in [-0.15, -0.1) is 0 Å². The number of ether oxygens (including phenoxy) is 3. The number of ketones is 1. The molecule has 0 fully saturated rings. The molecule has 0 saturated heterocycles. The molecule has 0 aromatic heterocycles. The summed E-state index contributed by atoms with van der Waals surface area (Å²) >= 11 is 0. The van der Waals surface area contributed by atoms with Gasteiger partial charge in [0.2, 0.25) is 6.79 Å². The van der Waals surface area contributed by atoms with Crippen molar-refractivity contribution >= 4 is 17.5 Å². The third-order valence-corrected chi connectivity index (χ3v) is 3.36. The largest absolute Gasteiger partial charge is 0.493 e. The lowest BCUT2D eigenvalue weighted by Gasteiger charge is -2.13. The third-order valence-electron chi connectivity index (χ3n) is 3.36. The Morgan fingerprint density at radius 2 is 1.86 bits per heavy atom. The lowest BCUT2D eigenvalue weighted by Crippen LogP contribution is -2.07. The van der Waals surface area contributed by atoms with Gasteiger partial charge in [-0.2, -0.15) is 0 Å². The van der Waals surface area contributed by atoms with Crippen LogP contribution in [0.4, 0.5) is 5.69 Å². The van der Waals surface area contributed by atoms with Gasteiger partial charge in [0.1, 0.15) is 5.75 Å². The van der Waals surface area contributed by atoms with E-state index in [1.165, 1.54) is 13.2 Å². The summed E-state index contributed by atoms with van der Waals surface area (Å²) in [6.45, 7) is 0.0245. The van der Waals surface area contributed by atoms with Crippen LogP contribution in [0.3, 0.4) is 0 Å². The summed E-state index contributed by atoms with van der Waals surface area (Å²) in [5, 5.41) is 0. The first-order chi connectivity index (χ1) is 10.7. The van der Waals surface area contributed by atoms with Crippen LogP contribution in [0.15, 0.2) is 42.5 Å². The molecule has 0 unspecified atom stereocenters. The van der Waals surface area contributed by atoms with Crippen molar-refractivity contribution in [1.82, 2.24) is 0 Å². The van der Waals surface area contributed by atoms with Crippen molar-refractivity contribution in [3.8, 4) is 17.2 Å². The summed E-state index contributed by atoms with van der Waals surface area (Å²) in [6.07, 6.45) is 3.15. The highest BCUT2D eigenvalue weighted by Gasteiger charge is 2.11. The minimum absolute atomic E-state index is 0.0245. The molecule has 2 heterocycles. The summed E-state index contributed by atoms with van der Waals surface area (Å²) in [7, 11) is 1.54. The van der Waals surface area contributed by atoms with Crippen LogP contribution >= 0.6 is 0 Å². The van der Waals surface area contributed by atoms with Crippen LogP contribution in [-0.2, 0) is 0 Å². The summed E-state index contributed by atoms with van der Waals surface area (Å²) in [4.78, 5) is 12.1. The number of methoxy groups -OCH3 is 1. The predicted molar refractivity (Wildman–Crippen MR) is 83.3 cm³/mol. The van der Waals surface area contributed by atoms with Crippen LogP contribution in [0, 0.1) is 0 Å². The minimum atomic E-state index is -0.108. The highest BCUT2D eigenvalue weighted by atomic mass is 16.7. The molecule has 0 aliphatic carbocycles. The average molecular weight is 297 g/mol. The van der Waals surface area contributed by atoms with Gasteiger partial charge in [-0.05, 0) is 42.5 Å². The van der Waals surface area contributed by atoms with Crippen LogP contribution in [0.25, 0.3) is 6.08 Å². The van der Waals surface area contributed by atoms with E-state index >= 15 is 0 Å². The molecule has 2 aromatic carbocycles. The monoisotopic (exact) mass is 297 g/mol. The molecule has 0 saturated carbocycles. The summed E-state index contributed by atoms with van der Waals surface area (Å²) in [5.41, 5.74) is 7.73. The van der Waals surface area contributed by atoms with Gasteiger partial charge >= 0.3 is 0 Å². The second kappa shape index (κ2) is 5.81. The van der Waals surface area contributed by atoms with Crippen molar-refractivity contribution in [2.24, 2.45) is 0 Å². The zero-order chi connectivity index (χ0) is 15.5. The fraction of sp³-hybridized carbons (Fsp3) is 0.118. The SMILES string of the molecule is COc1cc(N)c2cc1OCOc1ccc(cc1)C(=O)/C=C\2. The normalized spacial score (nSPS) is 14.9. The lowest BCUT2D eigenvalue weighted by molar-refractivity contribution is 0.104. The zero-order valence-electron chi connectivity index (χ0n) is 12.0. The van der Waals surface area contributed by atoms with E-state index in [2.05, 4.69) is 0 Å². The Hall–Kier alpha value is -2.95. The molecule has 0 spiro atoms. The number of anilines is 1. The Kier molecular flexibility index (Phi) is 3.70. The first-order valence-electron chi connectivity index (χ1n) is 6.73. The number of rotatable bonds is 1. The van der Waals surface area contributed by atoms with Gasteiger partial charge in [0.05, 0.1) is 7.11 Å². The fourth-order valence-electron chi connectivity index (χ4n) is 2.15. The number of nitrogen functional groups attached to an aromatic ring is 1. The maximum Gasteiger partial charge on any atom is 0.231 e. The van der Waals surface area contributed by atoms with Crippen LogP contribution in [0.2, 0.25) is 0 Å². The molecule has 5 heteroatoms. The quantitative estimate of drug-likeness (QED) is 0.819. The minimum Gasteiger partial charge on any atom is -0.493 e. The number of hydrogen-bond acceptors (Lipinski definition) is 5. The van der Waals surface area contributed by atoms with Gasteiger partial charge in [0.25, 0.3) is 0 Å². The zero-order valence-corrected chi connectivity index (χ0v) is 12.0. The average Bonchev–Trinajstić information content (AvgIpc) is 2.56. The van der Waals surface area contributed by atoms with Crippen LogP contribution < -0.4 is 19.9 Å². The summed E-state index contributed by atoms with van der Waals surface area (Å²) < 4.78 is 16.3. The number of allylic oxidation sites excluding steroid dienone is 1. The van der Waals surface area contributed by atoms with Crippen LogP contribution in [0.5, 0.6) is 17.2 Å². The molecule has 2 aliphatic heterocycles. The molecule has 0 amide bonds. The molecule has 2 aromatic rings. The van der Waals surface area contributed by atoms with Crippen molar-refractivity contribution in [1.29, 1.82) is 0 Å². The number of benzene rings is 2. The van der Waals surface area contributed by atoms with Gasteiger partial charge in [-0.25, -0.2) is 0 Å². The van der Waals surface area contributed by atoms with Crippen molar-refractivity contribution in [2.75, 3.05) is 19.6 Å². The Labute approximate surface area is 127 Å². The second-order valence-electron chi connectivity index (χ2n) is 4.76. The summed E-state index contributed by atoms with van der Waals surface area (Å²) in [5.74, 6) is 1.52. The molecule has 0 atom stereocenters. The van der Waals surface area contributed by atoms with Crippen molar-refractivity contribution in [2.45, 2.75) is 0 Å². The molecule has 4 rings (SSSR count). The molecular formula is C17H15NO4. The number of hydrogen-bond donors (Lipinski definition) is 1. The van der Waals surface area contributed by atoms with Crippen molar-refractivity contribution in [3.63, 3.8) is 0 Å². The van der Waals surface area contributed by atoms with Gasteiger partial charge < -0.3 is 19.9 Å². The smallest absolute Gasteiger partial charge is 0.231 e. The molecule has 2 N–H and O–H groups in total. The van der Waals surface area contributed by atoms with Gasteiger partial charge in [0, 0.05) is 22.9 Å². The number of nitrogens with two attached hydrogens (primary N) is 1. The molecule has 2 aliphatic rings. The maximum atomic E-state index is 12.1. The Bertz CT molecular complexity index is 735. The Morgan fingerprint density at radius 3 is 2.59 bits per heavy atom. The highest BCUT2D eigenvalue weighted by molar-refractivity contribution is 6.07. The van der Waals surface area contributed by atoms with E-state index in [0.717, 1.165) is 0 Å². The van der Waals surface area contributed by atoms with E-state index in [1.54, 1.807) is 42.5 Å². The third kappa shape index (κ3) is 2.74. The molecule has 5 nitrogen and oxygen atoms in total. The Morgan fingerprint density at radius 1 is 1.09 bits per heavy atom. The maximum absolute atomic E-state index is 12.1. The van der Waals surface area contributed by atoms with E-state index in [-0.39, 0.29) is 12.6 Å². The number of fused-ring (bicyclic) bond motifs is 5. The van der Waals surface area contributed by atoms with E-state index in [1.807, 2.05) is 0 Å². The standard InChI is InChI=1S/C17H15NO4/c1-20-16-9-14(18)12-4-7-15(19)11-2-5-13(6-3-11)21-10-22-17(16)8-12/h2-9H,10,18H2,1H3/b7-4-. The lowest BCUT2D eigenvalue weighted by atomic mass is 10.1. The van der Waals surface area contributed by atoms with Crippen LogP contribution in [-0.4, -0.2) is 19.7 Å². The van der Waals surface area contributed by atoms with Crippen LogP contribution in [0.1, 0.15) is 15.9 Å². The molecule has 0 radical (unpaired) electrons. The van der Waals surface area contributed by atoms with E-state index in [0.29, 0.717) is 34.1 Å². The highest BCUT2D eigenvalue weighted by Crippen LogP contribution is 2.33. The van der Waals surface area contributed by atoms with E-state index in [4.69, 9.17) is 19.9 Å². The summed E-state index contributed by atoms with van der Waals surface area (Å²) in [6, 6.07) is 10.2. The number of carbonyl (C=O) groups is 1. The first-order valence-corrected chi connectivity index (χ1v) is 6.73.